The van der Waals surface area contributed by atoms with Crippen LogP contribution in [0, 0.1) is 17.8 Å². The van der Waals surface area contributed by atoms with Crippen molar-refractivity contribution in [2.24, 2.45) is 17.8 Å². The fraction of sp³-hybridized carbons (Fsp3) is 0.400. The number of anilines is 1. The third-order valence-electron chi connectivity index (χ3n) is 8.23. The van der Waals surface area contributed by atoms with Crippen molar-refractivity contribution in [3.63, 3.8) is 0 Å². The van der Waals surface area contributed by atoms with Crippen molar-refractivity contribution >= 4 is 36.2 Å². The van der Waals surface area contributed by atoms with Crippen LogP contribution in [0.4, 0.5) is 5.69 Å². The normalized spacial score (nSPS) is 24.8. The van der Waals surface area contributed by atoms with Gasteiger partial charge in [-0.15, -0.1) is 0 Å². The Morgan fingerprint density at radius 1 is 1.13 bits per heavy atom. The van der Waals surface area contributed by atoms with Crippen LogP contribution in [-0.2, 0) is 19.1 Å². The van der Waals surface area contributed by atoms with E-state index < -0.39 is 19.0 Å². The topological polar surface area (TPSA) is 117 Å². The summed E-state index contributed by atoms with van der Waals surface area (Å²) in [5, 5.41) is 29.4. The van der Waals surface area contributed by atoms with Crippen LogP contribution in [0.1, 0.15) is 38.2 Å². The fourth-order valence-corrected chi connectivity index (χ4v) is 6.36. The standard InChI is InChI=1S/C30H34BNO7/c1-3-18(13-19-7-4-5-10-25(19)33)11-12-26-27-20(16-38-2)14-23-28(24(27)17-39-26)30(35)32(29(23)34)22-9-6-8-21(15-22)31(36)37/h4-10,13,15,23-24,26,28,33,36-37H,3,11-12,14,16-17H2,1-2H3/b18-13+/t23-,24+,26-,28-/m1/s1. The molecule has 39 heavy (non-hydrogen) atoms. The van der Waals surface area contributed by atoms with Crippen molar-refractivity contribution in [2.75, 3.05) is 25.2 Å². The molecule has 2 amide bonds. The number of methoxy groups -OCH3 is 1. The number of fused-ring (bicyclic) bond motifs is 3. The van der Waals surface area contributed by atoms with E-state index in [9.17, 15) is 24.7 Å². The van der Waals surface area contributed by atoms with E-state index in [-0.39, 0.29) is 35.0 Å². The number of allylic oxidation sites excluding steroid dienone is 1. The van der Waals surface area contributed by atoms with Gasteiger partial charge in [-0.1, -0.05) is 48.9 Å². The first-order chi connectivity index (χ1) is 18.8. The molecule has 0 spiro atoms. The molecule has 3 N–H and O–H groups in total. The summed E-state index contributed by atoms with van der Waals surface area (Å²) < 4.78 is 11.8. The van der Waals surface area contributed by atoms with Crippen LogP contribution >= 0.6 is 0 Å². The quantitative estimate of drug-likeness (QED) is 0.259. The van der Waals surface area contributed by atoms with Gasteiger partial charge in [-0.05, 0) is 60.5 Å². The monoisotopic (exact) mass is 531 g/mol. The maximum Gasteiger partial charge on any atom is 0.488 e. The lowest BCUT2D eigenvalue weighted by molar-refractivity contribution is -0.122. The zero-order valence-corrected chi connectivity index (χ0v) is 22.2. The SMILES string of the molecule is CC/C(=C\c1ccccc1O)CC[C@H]1OC[C@H]2C1=C(COC)C[C@H]1C(=O)N(c3cccc(B(O)O)c3)C(=O)[C@H]12. The number of hydrogen-bond acceptors (Lipinski definition) is 7. The molecule has 2 aliphatic heterocycles. The Labute approximate surface area is 228 Å². The molecule has 0 saturated carbocycles. The summed E-state index contributed by atoms with van der Waals surface area (Å²) in [4.78, 5) is 28.5. The molecule has 8 nitrogen and oxygen atoms in total. The average molecular weight is 531 g/mol. The number of phenols is 1. The van der Waals surface area contributed by atoms with Gasteiger partial charge in [0.2, 0.25) is 11.8 Å². The van der Waals surface area contributed by atoms with Crippen molar-refractivity contribution in [1.29, 1.82) is 0 Å². The molecule has 2 heterocycles. The first-order valence-corrected chi connectivity index (χ1v) is 13.5. The number of hydrogen-bond donors (Lipinski definition) is 3. The Bertz CT molecular complexity index is 1320. The molecule has 2 aromatic carbocycles. The summed E-state index contributed by atoms with van der Waals surface area (Å²) in [5.74, 6) is -1.54. The molecule has 2 fully saturated rings. The van der Waals surface area contributed by atoms with Gasteiger partial charge in [0.25, 0.3) is 0 Å². The second-order valence-corrected chi connectivity index (χ2v) is 10.5. The maximum atomic E-state index is 13.7. The molecule has 204 valence electrons. The van der Waals surface area contributed by atoms with E-state index in [1.54, 1.807) is 31.4 Å². The number of nitrogens with zero attached hydrogens (tertiary/aromatic N) is 1. The van der Waals surface area contributed by atoms with E-state index in [2.05, 4.69) is 6.92 Å². The van der Waals surface area contributed by atoms with Crippen molar-refractivity contribution in [2.45, 2.75) is 38.7 Å². The zero-order chi connectivity index (χ0) is 27.7. The van der Waals surface area contributed by atoms with Crippen molar-refractivity contribution in [3.05, 3.63) is 70.8 Å². The Balaban J connectivity index is 1.39. The number of ether oxygens (including phenoxy) is 2. The summed E-state index contributed by atoms with van der Waals surface area (Å²) in [5.41, 5.74) is 4.64. The van der Waals surface area contributed by atoms with Gasteiger partial charge in [0.15, 0.2) is 0 Å². The molecule has 1 aliphatic carbocycles. The Morgan fingerprint density at radius 2 is 1.92 bits per heavy atom. The summed E-state index contributed by atoms with van der Waals surface area (Å²) >= 11 is 0. The van der Waals surface area contributed by atoms with Gasteiger partial charge in [0, 0.05) is 18.6 Å². The minimum atomic E-state index is -1.70. The molecule has 0 bridgehead atoms. The van der Waals surface area contributed by atoms with Crippen LogP contribution < -0.4 is 10.4 Å². The summed E-state index contributed by atoms with van der Waals surface area (Å²) in [6.07, 6.45) is 4.62. The number of carbonyl (C=O) groups excluding carboxylic acids is 2. The smallest absolute Gasteiger partial charge is 0.488 e. The largest absolute Gasteiger partial charge is 0.507 e. The highest BCUT2D eigenvalue weighted by molar-refractivity contribution is 6.58. The third kappa shape index (κ3) is 5.19. The molecule has 0 radical (unpaired) electrons. The molecule has 0 unspecified atom stereocenters. The lowest BCUT2D eigenvalue weighted by atomic mass is 9.69. The van der Waals surface area contributed by atoms with Gasteiger partial charge in [0.05, 0.1) is 36.8 Å². The van der Waals surface area contributed by atoms with Gasteiger partial charge in [-0.25, -0.2) is 0 Å². The molecular weight excluding hydrogens is 497 g/mol. The molecular formula is C30H34BNO7. The van der Waals surface area contributed by atoms with E-state index in [0.29, 0.717) is 25.3 Å². The Hall–Kier alpha value is -3.24. The number of carbonyl (C=O) groups is 2. The highest BCUT2D eigenvalue weighted by atomic mass is 16.5. The second-order valence-electron chi connectivity index (χ2n) is 10.5. The van der Waals surface area contributed by atoms with E-state index in [1.165, 1.54) is 22.6 Å². The van der Waals surface area contributed by atoms with Crippen LogP contribution in [0.5, 0.6) is 5.75 Å². The van der Waals surface area contributed by atoms with Gasteiger partial charge in [-0.2, -0.15) is 0 Å². The summed E-state index contributed by atoms with van der Waals surface area (Å²) in [6.45, 7) is 2.82. The van der Waals surface area contributed by atoms with E-state index >= 15 is 0 Å². The molecule has 2 saturated heterocycles. The number of benzene rings is 2. The minimum absolute atomic E-state index is 0.176. The number of aromatic hydroxyl groups is 1. The Kier molecular flexibility index (Phi) is 8.04. The highest BCUT2D eigenvalue weighted by Gasteiger charge is 2.57. The molecule has 3 aliphatic rings. The summed E-state index contributed by atoms with van der Waals surface area (Å²) in [7, 11) is -0.0675. The van der Waals surface area contributed by atoms with Gasteiger partial charge in [-0.3, -0.25) is 14.5 Å². The van der Waals surface area contributed by atoms with E-state index in [1.807, 2.05) is 18.2 Å². The molecule has 4 atom stereocenters. The molecule has 5 rings (SSSR count). The lowest BCUT2D eigenvalue weighted by Gasteiger charge is -2.31. The molecule has 0 aromatic heterocycles. The van der Waals surface area contributed by atoms with Crippen molar-refractivity contribution in [3.8, 4) is 5.75 Å². The minimum Gasteiger partial charge on any atom is -0.507 e. The number of para-hydroxylation sites is 1. The van der Waals surface area contributed by atoms with E-state index in [0.717, 1.165) is 36.0 Å². The van der Waals surface area contributed by atoms with Crippen molar-refractivity contribution in [1.82, 2.24) is 0 Å². The zero-order valence-electron chi connectivity index (χ0n) is 22.2. The number of rotatable bonds is 9. The average Bonchev–Trinajstić information content (AvgIpc) is 3.46. The second kappa shape index (κ2) is 11.5. The van der Waals surface area contributed by atoms with Gasteiger partial charge < -0.3 is 24.6 Å². The number of imide groups is 1. The van der Waals surface area contributed by atoms with Crippen LogP contribution in [0.2, 0.25) is 0 Å². The summed E-state index contributed by atoms with van der Waals surface area (Å²) in [6, 6.07) is 13.5. The highest BCUT2D eigenvalue weighted by Crippen LogP contribution is 2.50. The van der Waals surface area contributed by atoms with E-state index in [4.69, 9.17) is 9.47 Å². The fourth-order valence-electron chi connectivity index (χ4n) is 6.36. The maximum absolute atomic E-state index is 13.7. The van der Waals surface area contributed by atoms with Crippen LogP contribution in [0.3, 0.4) is 0 Å². The first-order valence-electron chi connectivity index (χ1n) is 13.5. The number of amides is 2. The van der Waals surface area contributed by atoms with Gasteiger partial charge in [0.1, 0.15) is 5.75 Å². The molecule has 2 aromatic rings. The van der Waals surface area contributed by atoms with Crippen LogP contribution in [-0.4, -0.2) is 60.5 Å². The van der Waals surface area contributed by atoms with Crippen LogP contribution in [0.25, 0.3) is 6.08 Å². The number of phenolic OH excluding ortho intramolecular Hbond substituents is 1. The van der Waals surface area contributed by atoms with Crippen LogP contribution in [0.15, 0.2) is 65.3 Å². The predicted molar refractivity (Wildman–Crippen MR) is 148 cm³/mol. The lowest BCUT2D eigenvalue weighted by Crippen LogP contribution is -2.36. The Morgan fingerprint density at radius 3 is 2.64 bits per heavy atom. The van der Waals surface area contributed by atoms with Crippen molar-refractivity contribution < 1.29 is 34.2 Å². The predicted octanol–water partition coefficient (Wildman–Crippen LogP) is 2.81. The van der Waals surface area contributed by atoms with Gasteiger partial charge >= 0.3 is 7.12 Å². The first kappa shape index (κ1) is 27.3. The third-order valence-corrected chi connectivity index (χ3v) is 8.23. The molecule has 9 heteroatoms.